The molecule has 1 saturated heterocycles. The van der Waals surface area contributed by atoms with Crippen molar-refractivity contribution in [3.63, 3.8) is 0 Å². The molecule has 1 N–H and O–H groups in total. The molecule has 1 fully saturated rings. The van der Waals surface area contributed by atoms with Gasteiger partial charge in [-0.25, -0.2) is 0 Å². The Balaban J connectivity index is 1.63. The first-order valence-electron chi connectivity index (χ1n) is 6.95. The molecule has 0 saturated carbocycles. The minimum atomic E-state index is 0.0536. The highest BCUT2D eigenvalue weighted by Crippen LogP contribution is 2.14. The van der Waals surface area contributed by atoms with E-state index < -0.39 is 0 Å². The number of rotatable bonds is 6. The first kappa shape index (κ1) is 14.5. The van der Waals surface area contributed by atoms with Crippen molar-refractivity contribution in [3.8, 4) is 0 Å². The number of carbonyl (C=O) groups excluding carboxylic acids is 1. The summed E-state index contributed by atoms with van der Waals surface area (Å²) in [6.45, 7) is 7.58. The van der Waals surface area contributed by atoms with Gasteiger partial charge >= 0.3 is 0 Å². The first-order chi connectivity index (χ1) is 9.29. The van der Waals surface area contributed by atoms with Crippen LogP contribution < -0.4 is 5.32 Å². The maximum absolute atomic E-state index is 11.9. The van der Waals surface area contributed by atoms with E-state index in [2.05, 4.69) is 17.1 Å². The standard InChI is InChI=1S/C14H22N2O2S/c1-2-13-10-12(11-19-13)14(17)15-4-3-5-16-6-8-18-9-7-16/h10-11H,2-9H2,1H3,(H,15,17). The van der Waals surface area contributed by atoms with Crippen LogP contribution in [0.15, 0.2) is 11.4 Å². The predicted octanol–water partition coefficient (Wildman–Crippen LogP) is 1.76. The molecule has 0 bridgehead atoms. The summed E-state index contributed by atoms with van der Waals surface area (Å²) < 4.78 is 5.30. The van der Waals surface area contributed by atoms with Gasteiger partial charge in [0.2, 0.25) is 0 Å². The summed E-state index contributed by atoms with van der Waals surface area (Å²) in [7, 11) is 0. The zero-order chi connectivity index (χ0) is 13.5. The number of carbonyl (C=O) groups is 1. The van der Waals surface area contributed by atoms with Gasteiger partial charge in [0.05, 0.1) is 18.8 Å². The molecular formula is C14H22N2O2S. The quantitative estimate of drug-likeness (QED) is 0.809. The van der Waals surface area contributed by atoms with Crippen LogP contribution in [-0.2, 0) is 11.2 Å². The Morgan fingerprint density at radius 3 is 2.95 bits per heavy atom. The van der Waals surface area contributed by atoms with Gasteiger partial charge in [0, 0.05) is 29.9 Å². The van der Waals surface area contributed by atoms with Crippen LogP contribution in [0.25, 0.3) is 0 Å². The molecule has 1 aliphatic heterocycles. The predicted molar refractivity (Wildman–Crippen MR) is 77.9 cm³/mol. The van der Waals surface area contributed by atoms with E-state index >= 15 is 0 Å². The summed E-state index contributed by atoms with van der Waals surface area (Å²) in [5, 5.41) is 4.93. The molecular weight excluding hydrogens is 260 g/mol. The highest BCUT2D eigenvalue weighted by molar-refractivity contribution is 7.10. The Bertz CT molecular complexity index is 400. The van der Waals surface area contributed by atoms with Gasteiger partial charge in [-0.3, -0.25) is 9.69 Å². The van der Waals surface area contributed by atoms with E-state index in [1.807, 2.05) is 11.4 Å². The lowest BCUT2D eigenvalue weighted by atomic mass is 10.2. The van der Waals surface area contributed by atoms with Gasteiger partial charge < -0.3 is 10.1 Å². The molecule has 0 spiro atoms. The van der Waals surface area contributed by atoms with Crippen LogP contribution in [-0.4, -0.2) is 50.2 Å². The second kappa shape index (κ2) is 7.62. The van der Waals surface area contributed by atoms with Crippen molar-refractivity contribution in [3.05, 3.63) is 21.9 Å². The van der Waals surface area contributed by atoms with E-state index in [0.29, 0.717) is 0 Å². The van der Waals surface area contributed by atoms with E-state index in [1.165, 1.54) is 4.88 Å². The number of thiophene rings is 1. The number of hydrogen-bond donors (Lipinski definition) is 1. The molecule has 0 aromatic carbocycles. The van der Waals surface area contributed by atoms with Gasteiger partial charge in [0.25, 0.3) is 5.91 Å². The zero-order valence-corrected chi connectivity index (χ0v) is 12.3. The average Bonchev–Trinajstić information content (AvgIpc) is 2.93. The third kappa shape index (κ3) is 4.60. The number of morpholine rings is 1. The summed E-state index contributed by atoms with van der Waals surface area (Å²) in [4.78, 5) is 15.5. The van der Waals surface area contributed by atoms with E-state index in [4.69, 9.17) is 4.74 Å². The van der Waals surface area contributed by atoms with Gasteiger partial charge in [0.1, 0.15) is 0 Å². The molecule has 106 valence electrons. The van der Waals surface area contributed by atoms with Gasteiger partial charge in [0.15, 0.2) is 0 Å². The van der Waals surface area contributed by atoms with E-state index in [9.17, 15) is 4.79 Å². The molecule has 0 unspecified atom stereocenters. The summed E-state index contributed by atoms with van der Waals surface area (Å²) in [5.74, 6) is 0.0536. The number of amides is 1. The first-order valence-corrected chi connectivity index (χ1v) is 7.83. The van der Waals surface area contributed by atoms with Gasteiger partial charge in [-0.2, -0.15) is 0 Å². The summed E-state index contributed by atoms with van der Waals surface area (Å²) >= 11 is 1.66. The largest absolute Gasteiger partial charge is 0.379 e. The number of hydrogen-bond acceptors (Lipinski definition) is 4. The molecule has 0 radical (unpaired) electrons. The van der Waals surface area contributed by atoms with Crippen molar-refractivity contribution in [1.82, 2.24) is 10.2 Å². The number of ether oxygens (including phenoxy) is 1. The normalized spacial score (nSPS) is 16.5. The zero-order valence-electron chi connectivity index (χ0n) is 11.5. The average molecular weight is 282 g/mol. The summed E-state index contributed by atoms with van der Waals surface area (Å²) in [5.41, 5.74) is 0.799. The Kier molecular flexibility index (Phi) is 5.82. The molecule has 1 aromatic rings. The molecule has 4 nitrogen and oxygen atoms in total. The van der Waals surface area contributed by atoms with E-state index in [0.717, 1.165) is 57.8 Å². The second-order valence-corrected chi connectivity index (χ2v) is 5.71. The molecule has 2 heterocycles. The lowest BCUT2D eigenvalue weighted by Crippen LogP contribution is -2.38. The third-order valence-electron chi connectivity index (χ3n) is 3.30. The van der Waals surface area contributed by atoms with Crippen molar-refractivity contribution in [2.75, 3.05) is 39.4 Å². The number of nitrogens with zero attached hydrogens (tertiary/aromatic N) is 1. The van der Waals surface area contributed by atoms with Crippen LogP contribution in [0.2, 0.25) is 0 Å². The fraction of sp³-hybridized carbons (Fsp3) is 0.643. The Morgan fingerprint density at radius 2 is 2.26 bits per heavy atom. The SMILES string of the molecule is CCc1cc(C(=O)NCCCN2CCOCC2)cs1. The fourth-order valence-electron chi connectivity index (χ4n) is 2.12. The minimum Gasteiger partial charge on any atom is -0.379 e. The molecule has 0 aliphatic carbocycles. The lowest BCUT2D eigenvalue weighted by Gasteiger charge is -2.26. The highest BCUT2D eigenvalue weighted by atomic mass is 32.1. The minimum absolute atomic E-state index is 0.0536. The molecule has 0 atom stereocenters. The van der Waals surface area contributed by atoms with Crippen molar-refractivity contribution in [2.45, 2.75) is 19.8 Å². The second-order valence-electron chi connectivity index (χ2n) is 4.72. The fourth-order valence-corrected chi connectivity index (χ4v) is 2.93. The molecule has 1 aliphatic rings. The van der Waals surface area contributed by atoms with Gasteiger partial charge in [-0.1, -0.05) is 6.92 Å². The number of aryl methyl sites for hydroxylation is 1. The molecule has 19 heavy (non-hydrogen) atoms. The topological polar surface area (TPSA) is 41.6 Å². The van der Waals surface area contributed by atoms with E-state index in [-0.39, 0.29) is 5.91 Å². The van der Waals surface area contributed by atoms with Crippen molar-refractivity contribution < 1.29 is 9.53 Å². The summed E-state index contributed by atoms with van der Waals surface area (Å²) in [6.07, 6.45) is 1.99. The smallest absolute Gasteiger partial charge is 0.252 e. The monoisotopic (exact) mass is 282 g/mol. The highest BCUT2D eigenvalue weighted by Gasteiger charge is 2.10. The van der Waals surface area contributed by atoms with Crippen LogP contribution in [0.5, 0.6) is 0 Å². The van der Waals surface area contributed by atoms with Crippen molar-refractivity contribution >= 4 is 17.2 Å². The van der Waals surface area contributed by atoms with Crippen LogP contribution in [0.3, 0.4) is 0 Å². The maximum atomic E-state index is 11.9. The molecule has 2 rings (SSSR count). The lowest BCUT2D eigenvalue weighted by molar-refractivity contribution is 0.0374. The molecule has 5 heteroatoms. The van der Waals surface area contributed by atoms with Crippen molar-refractivity contribution in [1.29, 1.82) is 0 Å². The Labute approximate surface area is 118 Å². The van der Waals surface area contributed by atoms with Crippen molar-refractivity contribution in [2.24, 2.45) is 0 Å². The molecule has 1 aromatic heterocycles. The Hall–Kier alpha value is -0.910. The van der Waals surface area contributed by atoms with Gasteiger partial charge in [-0.05, 0) is 25.5 Å². The Morgan fingerprint density at radius 1 is 1.47 bits per heavy atom. The molecule has 1 amide bonds. The van der Waals surface area contributed by atoms with Crippen LogP contribution in [0.1, 0.15) is 28.6 Å². The van der Waals surface area contributed by atoms with Gasteiger partial charge in [-0.15, -0.1) is 11.3 Å². The van der Waals surface area contributed by atoms with Crippen LogP contribution in [0, 0.1) is 0 Å². The maximum Gasteiger partial charge on any atom is 0.252 e. The third-order valence-corrected chi connectivity index (χ3v) is 4.39. The number of nitrogens with one attached hydrogen (secondary N) is 1. The van der Waals surface area contributed by atoms with Crippen LogP contribution in [0.4, 0.5) is 0 Å². The summed E-state index contributed by atoms with van der Waals surface area (Å²) in [6, 6.07) is 1.99. The van der Waals surface area contributed by atoms with Crippen LogP contribution >= 0.6 is 11.3 Å². The van der Waals surface area contributed by atoms with E-state index in [1.54, 1.807) is 11.3 Å².